The fourth-order valence-electron chi connectivity index (χ4n) is 3.05. The molecule has 1 N–H and O–H groups in total. The topological polar surface area (TPSA) is 108 Å². The van der Waals surface area contributed by atoms with E-state index in [9.17, 15) is 13.2 Å². The van der Waals surface area contributed by atoms with Gasteiger partial charge in [-0.2, -0.15) is 0 Å². The number of anilines is 1. The largest absolute Gasteiger partial charge is 0.495 e. The van der Waals surface area contributed by atoms with Crippen LogP contribution in [-0.4, -0.2) is 33.6 Å². The predicted molar refractivity (Wildman–Crippen MR) is 125 cm³/mol. The molecule has 3 aromatic carbocycles. The van der Waals surface area contributed by atoms with Crippen LogP contribution in [0.1, 0.15) is 15.9 Å². The number of aromatic nitrogens is 1. The summed E-state index contributed by atoms with van der Waals surface area (Å²) in [6, 6.07) is 18.3. The normalized spacial score (nSPS) is 11.3. The van der Waals surface area contributed by atoms with Crippen LogP contribution in [0.25, 0.3) is 11.1 Å². The summed E-state index contributed by atoms with van der Waals surface area (Å²) in [7, 11) is -1.04. The van der Waals surface area contributed by atoms with Crippen molar-refractivity contribution in [3.63, 3.8) is 0 Å². The van der Waals surface area contributed by atoms with E-state index >= 15 is 0 Å². The number of methoxy groups -OCH3 is 2. The van der Waals surface area contributed by atoms with Crippen molar-refractivity contribution in [2.24, 2.45) is 0 Å². The molecule has 4 aromatic rings. The molecule has 0 saturated heterocycles. The number of ether oxygens (including phenoxy) is 2. The van der Waals surface area contributed by atoms with Crippen molar-refractivity contribution >= 4 is 44.5 Å². The molecule has 0 amide bonds. The SMILES string of the molecule is COC(=O)c1ccc(CSc2nc3cc(S(=O)(=O)Nc4ccccc4OC)ccc3o2)cc1. The number of sulfonamides is 1. The highest BCUT2D eigenvalue weighted by Gasteiger charge is 2.18. The Hall–Kier alpha value is -3.50. The van der Waals surface area contributed by atoms with E-state index in [1.807, 2.05) is 12.1 Å². The zero-order valence-electron chi connectivity index (χ0n) is 17.8. The molecule has 0 aliphatic carbocycles. The molecule has 1 aromatic heterocycles. The van der Waals surface area contributed by atoms with Gasteiger partial charge in [-0.25, -0.2) is 18.2 Å². The summed E-state index contributed by atoms with van der Waals surface area (Å²) in [4.78, 5) is 16.0. The number of para-hydroxylation sites is 2. The Kier molecular flexibility index (Phi) is 6.57. The second-order valence-electron chi connectivity index (χ2n) is 6.89. The molecule has 0 saturated carbocycles. The van der Waals surface area contributed by atoms with Crippen LogP contribution < -0.4 is 9.46 Å². The highest BCUT2D eigenvalue weighted by molar-refractivity contribution is 7.98. The molecule has 0 unspecified atom stereocenters. The number of hydrogen-bond acceptors (Lipinski definition) is 8. The third-order valence-electron chi connectivity index (χ3n) is 4.74. The number of carbonyl (C=O) groups excluding carboxylic acids is 1. The molecule has 0 aliphatic rings. The Morgan fingerprint density at radius 2 is 1.82 bits per heavy atom. The summed E-state index contributed by atoms with van der Waals surface area (Å²) < 4.78 is 43.9. The van der Waals surface area contributed by atoms with Gasteiger partial charge in [0.25, 0.3) is 15.2 Å². The average molecular weight is 485 g/mol. The number of esters is 1. The van der Waals surface area contributed by atoms with Crippen molar-refractivity contribution in [2.45, 2.75) is 15.9 Å². The summed E-state index contributed by atoms with van der Waals surface area (Å²) in [5.41, 5.74) is 2.70. The van der Waals surface area contributed by atoms with Crippen molar-refractivity contribution in [3.8, 4) is 5.75 Å². The number of hydrogen-bond donors (Lipinski definition) is 1. The van der Waals surface area contributed by atoms with Crippen LogP contribution in [0.5, 0.6) is 5.75 Å². The minimum Gasteiger partial charge on any atom is -0.495 e. The van der Waals surface area contributed by atoms with Crippen molar-refractivity contribution in [1.82, 2.24) is 4.98 Å². The molecule has 4 rings (SSSR count). The summed E-state index contributed by atoms with van der Waals surface area (Å²) in [5, 5.41) is 0.411. The quantitative estimate of drug-likeness (QED) is 0.283. The Morgan fingerprint density at radius 3 is 2.55 bits per heavy atom. The van der Waals surface area contributed by atoms with E-state index in [-0.39, 0.29) is 10.9 Å². The maximum atomic E-state index is 12.9. The fourth-order valence-corrected chi connectivity index (χ4v) is 4.93. The minimum atomic E-state index is -3.85. The Labute approximate surface area is 195 Å². The van der Waals surface area contributed by atoms with Gasteiger partial charge in [0.1, 0.15) is 11.3 Å². The van der Waals surface area contributed by atoms with Crippen LogP contribution in [0.3, 0.4) is 0 Å². The molecule has 10 heteroatoms. The first-order valence-corrected chi connectivity index (χ1v) is 12.2. The van der Waals surface area contributed by atoms with Crippen molar-refractivity contribution in [2.75, 3.05) is 18.9 Å². The van der Waals surface area contributed by atoms with Crippen LogP contribution in [-0.2, 0) is 20.5 Å². The van der Waals surface area contributed by atoms with Crippen molar-refractivity contribution in [3.05, 3.63) is 77.9 Å². The number of fused-ring (bicyclic) bond motifs is 1. The number of thioether (sulfide) groups is 1. The Balaban J connectivity index is 1.49. The van der Waals surface area contributed by atoms with Gasteiger partial charge in [-0.3, -0.25) is 4.72 Å². The molecule has 0 fully saturated rings. The first-order chi connectivity index (χ1) is 15.9. The second-order valence-corrected chi connectivity index (χ2v) is 9.50. The lowest BCUT2D eigenvalue weighted by atomic mass is 10.1. The number of nitrogens with zero attached hydrogens (tertiary/aromatic N) is 1. The smallest absolute Gasteiger partial charge is 0.337 e. The monoisotopic (exact) mass is 484 g/mol. The minimum absolute atomic E-state index is 0.0594. The summed E-state index contributed by atoms with van der Waals surface area (Å²) in [6.07, 6.45) is 0. The molecule has 8 nitrogen and oxygen atoms in total. The van der Waals surface area contributed by atoms with Crippen LogP contribution in [0.15, 0.2) is 81.3 Å². The zero-order chi connectivity index (χ0) is 23.4. The maximum Gasteiger partial charge on any atom is 0.337 e. The van der Waals surface area contributed by atoms with Gasteiger partial charge < -0.3 is 13.9 Å². The lowest BCUT2D eigenvalue weighted by Gasteiger charge is -2.11. The summed E-state index contributed by atoms with van der Waals surface area (Å²) >= 11 is 1.36. The van der Waals surface area contributed by atoms with Gasteiger partial charge >= 0.3 is 5.97 Å². The summed E-state index contributed by atoms with van der Waals surface area (Å²) in [5.74, 6) is 0.593. The predicted octanol–water partition coefficient (Wildman–Crippen LogP) is 4.72. The molecule has 0 radical (unpaired) electrons. The molecule has 0 bridgehead atoms. The molecular weight excluding hydrogens is 464 g/mol. The number of oxazole rings is 1. The molecule has 0 atom stereocenters. The van der Waals surface area contributed by atoms with E-state index in [1.54, 1.807) is 42.5 Å². The van der Waals surface area contributed by atoms with Crippen LogP contribution in [0, 0.1) is 0 Å². The standard InChI is InChI=1S/C23H20N2O6S2/c1-29-20-6-4-3-5-18(20)25-33(27,28)17-11-12-21-19(13-17)24-23(31-21)32-14-15-7-9-16(10-8-15)22(26)30-2/h3-13,25H,14H2,1-2H3. The maximum absolute atomic E-state index is 12.9. The Bertz CT molecular complexity index is 1400. The van der Waals surface area contributed by atoms with Gasteiger partial charge in [0, 0.05) is 5.75 Å². The van der Waals surface area contributed by atoms with E-state index in [0.717, 1.165) is 5.56 Å². The van der Waals surface area contributed by atoms with Crippen LogP contribution in [0.4, 0.5) is 5.69 Å². The zero-order valence-corrected chi connectivity index (χ0v) is 19.4. The lowest BCUT2D eigenvalue weighted by molar-refractivity contribution is 0.0600. The summed E-state index contributed by atoms with van der Waals surface area (Å²) in [6.45, 7) is 0. The van der Waals surface area contributed by atoms with Gasteiger partial charge in [0.05, 0.1) is 30.4 Å². The third-order valence-corrected chi connectivity index (χ3v) is 7.00. The van der Waals surface area contributed by atoms with E-state index in [4.69, 9.17) is 13.9 Å². The third kappa shape index (κ3) is 5.12. The van der Waals surface area contributed by atoms with Gasteiger partial charge in [-0.1, -0.05) is 36.0 Å². The molecule has 33 heavy (non-hydrogen) atoms. The Morgan fingerprint density at radius 1 is 1.06 bits per heavy atom. The first kappa shape index (κ1) is 22.7. The second kappa shape index (κ2) is 9.55. The van der Waals surface area contributed by atoms with Gasteiger partial charge in [-0.15, -0.1) is 0 Å². The van der Waals surface area contributed by atoms with Gasteiger partial charge in [0.2, 0.25) is 0 Å². The molecule has 0 spiro atoms. The van der Waals surface area contributed by atoms with E-state index in [1.165, 1.54) is 38.1 Å². The van der Waals surface area contributed by atoms with Crippen molar-refractivity contribution < 1.29 is 27.1 Å². The van der Waals surface area contributed by atoms with Crippen LogP contribution >= 0.6 is 11.8 Å². The number of carbonyl (C=O) groups is 1. The highest BCUT2D eigenvalue weighted by atomic mass is 32.2. The molecule has 1 heterocycles. The highest BCUT2D eigenvalue weighted by Crippen LogP contribution is 2.30. The molecule has 0 aliphatic heterocycles. The number of benzene rings is 3. The molecular formula is C23H20N2O6S2. The van der Waals surface area contributed by atoms with Gasteiger partial charge in [-0.05, 0) is 48.0 Å². The fraction of sp³-hybridized carbons (Fsp3) is 0.130. The number of rotatable bonds is 8. The average Bonchev–Trinajstić information content (AvgIpc) is 3.25. The van der Waals surface area contributed by atoms with E-state index in [2.05, 4.69) is 9.71 Å². The molecule has 170 valence electrons. The first-order valence-electron chi connectivity index (χ1n) is 9.76. The van der Waals surface area contributed by atoms with E-state index < -0.39 is 10.0 Å². The van der Waals surface area contributed by atoms with Crippen molar-refractivity contribution in [1.29, 1.82) is 0 Å². The lowest BCUT2D eigenvalue weighted by Crippen LogP contribution is -2.13. The van der Waals surface area contributed by atoms with E-state index in [0.29, 0.717) is 39.1 Å². The number of nitrogens with one attached hydrogen (secondary N) is 1. The van der Waals surface area contributed by atoms with Crippen LogP contribution in [0.2, 0.25) is 0 Å². The van der Waals surface area contributed by atoms with Gasteiger partial charge in [0.15, 0.2) is 5.58 Å².